The monoisotopic (exact) mass is 250 g/mol. The third kappa shape index (κ3) is 12.6. The Labute approximate surface area is 102 Å². The van der Waals surface area contributed by atoms with Gasteiger partial charge in [-0.05, 0) is 6.92 Å². The molecule has 100 valence electrons. The number of halogens is 3. The lowest BCUT2D eigenvalue weighted by molar-refractivity contribution is -0.166. The Hall–Kier alpha value is -1.32. The summed E-state index contributed by atoms with van der Waals surface area (Å²) in [6.45, 7) is 12.7. The molecule has 0 N–H and O–H groups in total. The summed E-state index contributed by atoms with van der Waals surface area (Å²) >= 11 is 0. The fraction of sp³-hybridized carbons (Fsp3) is 0.462. The Morgan fingerprint density at radius 2 is 1.47 bits per heavy atom. The number of ketones is 1. The van der Waals surface area contributed by atoms with Crippen molar-refractivity contribution >= 4 is 5.78 Å². The van der Waals surface area contributed by atoms with Crippen molar-refractivity contribution in [1.29, 1.82) is 0 Å². The van der Waals surface area contributed by atoms with Crippen LogP contribution in [0.1, 0.15) is 34.6 Å². The number of carbonyl (C=O) groups is 1. The lowest BCUT2D eigenvalue weighted by Crippen LogP contribution is -2.23. The minimum Gasteiger partial charge on any atom is -0.284 e. The molecule has 0 fully saturated rings. The van der Waals surface area contributed by atoms with Gasteiger partial charge in [-0.2, -0.15) is 13.2 Å². The van der Waals surface area contributed by atoms with Crippen molar-refractivity contribution in [2.75, 3.05) is 0 Å². The van der Waals surface area contributed by atoms with Gasteiger partial charge >= 0.3 is 6.18 Å². The van der Waals surface area contributed by atoms with E-state index in [2.05, 4.69) is 6.58 Å². The van der Waals surface area contributed by atoms with Gasteiger partial charge < -0.3 is 0 Å². The number of carbonyl (C=O) groups excluding carboxylic acids is 1. The summed E-state index contributed by atoms with van der Waals surface area (Å²) in [5.74, 6) is -1.91. The fourth-order valence-electron chi connectivity index (χ4n) is 0.541. The molecule has 0 saturated carbocycles. The molecule has 1 nitrogen and oxygen atoms in total. The maximum atomic E-state index is 11.7. The van der Waals surface area contributed by atoms with Crippen LogP contribution in [0.4, 0.5) is 13.2 Å². The maximum Gasteiger partial charge on any atom is 0.454 e. The molecule has 0 aliphatic heterocycles. The van der Waals surface area contributed by atoms with Crippen molar-refractivity contribution < 1.29 is 18.0 Å². The van der Waals surface area contributed by atoms with Crippen LogP contribution in [-0.2, 0) is 4.79 Å². The van der Waals surface area contributed by atoms with Gasteiger partial charge in [0.25, 0.3) is 5.78 Å². The van der Waals surface area contributed by atoms with Crippen molar-refractivity contribution in [2.24, 2.45) is 0 Å². The van der Waals surface area contributed by atoms with E-state index in [4.69, 9.17) is 0 Å². The maximum absolute atomic E-state index is 11.7. The zero-order chi connectivity index (χ0) is 14.5. The summed E-state index contributed by atoms with van der Waals surface area (Å²) in [6.07, 6.45) is 0.649. The van der Waals surface area contributed by atoms with Gasteiger partial charge in [-0.25, -0.2) is 0 Å². The Kier molecular flexibility index (Phi) is 15.8. The Morgan fingerprint density at radius 3 is 1.76 bits per heavy atom. The molecule has 0 aliphatic rings. The SMILES string of the molecule is C=C(/C=C\C=C/C)C(=O)C(F)(F)F.CC.CC. The van der Waals surface area contributed by atoms with E-state index in [9.17, 15) is 18.0 Å². The van der Waals surface area contributed by atoms with Gasteiger partial charge in [0.2, 0.25) is 0 Å². The number of hydrogen-bond acceptors (Lipinski definition) is 1. The summed E-state index contributed by atoms with van der Waals surface area (Å²) in [7, 11) is 0. The highest BCUT2D eigenvalue weighted by molar-refractivity contribution is 6.01. The summed E-state index contributed by atoms with van der Waals surface area (Å²) in [5, 5.41) is 0. The molecule has 0 atom stereocenters. The minimum absolute atomic E-state index is 0.564. The van der Waals surface area contributed by atoms with Gasteiger partial charge in [-0.3, -0.25) is 4.79 Å². The molecule has 0 unspecified atom stereocenters. The van der Waals surface area contributed by atoms with Gasteiger partial charge in [-0.1, -0.05) is 58.6 Å². The topological polar surface area (TPSA) is 17.1 Å². The molecule has 0 aliphatic carbocycles. The lowest BCUT2D eigenvalue weighted by atomic mass is 10.2. The molecular formula is C13H21F3O. The number of allylic oxidation sites excluding steroid dienone is 5. The van der Waals surface area contributed by atoms with Crippen molar-refractivity contribution in [3.63, 3.8) is 0 Å². The van der Waals surface area contributed by atoms with E-state index < -0.39 is 17.5 Å². The number of alkyl halides is 3. The van der Waals surface area contributed by atoms with Crippen molar-refractivity contribution in [3.05, 3.63) is 36.5 Å². The second-order valence-corrected chi connectivity index (χ2v) is 2.24. The van der Waals surface area contributed by atoms with Gasteiger partial charge in [-0.15, -0.1) is 0 Å². The molecule has 0 spiro atoms. The van der Waals surface area contributed by atoms with E-state index in [0.29, 0.717) is 0 Å². The third-order valence-electron chi connectivity index (χ3n) is 1.15. The van der Waals surface area contributed by atoms with Crippen LogP contribution >= 0.6 is 0 Å². The lowest BCUT2D eigenvalue weighted by Gasteiger charge is -2.03. The minimum atomic E-state index is -4.84. The molecule has 0 amide bonds. The fourth-order valence-corrected chi connectivity index (χ4v) is 0.541. The van der Waals surface area contributed by atoms with E-state index in [0.717, 1.165) is 6.08 Å². The number of rotatable bonds is 3. The molecule has 0 bridgehead atoms. The van der Waals surface area contributed by atoms with Crippen molar-refractivity contribution in [1.82, 2.24) is 0 Å². The number of Topliss-reactive ketones (excluding diaryl/α,β-unsaturated/α-hetero) is 1. The van der Waals surface area contributed by atoms with Crippen LogP contribution in [0.2, 0.25) is 0 Å². The van der Waals surface area contributed by atoms with Crippen LogP contribution in [0.5, 0.6) is 0 Å². The highest BCUT2D eigenvalue weighted by atomic mass is 19.4. The van der Waals surface area contributed by atoms with E-state index in [1.165, 1.54) is 12.2 Å². The normalized spacial score (nSPS) is 10.4. The van der Waals surface area contributed by atoms with Gasteiger partial charge in [0.15, 0.2) is 0 Å². The first kappa shape index (κ1) is 21.0. The zero-order valence-corrected chi connectivity index (χ0v) is 11.1. The summed E-state index contributed by atoms with van der Waals surface area (Å²) in [5.41, 5.74) is -0.564. The second-order valence-electron chi connectivity index (χ2n) is 2.24. The van der Waals surface area contributed by atoms with Crippen LogP contribution in [0.25, 0.3) is 0 Å². The Balaban J connectivity index is -0.000000439. The van der Waals surface area contributed by atoms with Crippen LogP contribution < -0.4 is 0 Å². The molecule has 0 radical (unpaired) electrons. The molecule has 0 aromatic rings. The average Bonchev–Trinajstić information content (AvgIpc) is 2.32. The number of hydrogen-bond donors (Lipinski definition) is 0. The molecule has 17 heavy (non-hydrogen) atoms. The quantitative estimate of drug-likeness (QED) is 0.516. The van der Waals surface area contributed by atoms with Crippen LogP contribution in [0.3, 0.4) is 0 Å². The van der Waals surface area contributed by atoms with Crippen LogP contribution in [0, 0.1) is 0 Å². The third-order valence-corrected chi connectivity index (χ3v) is 1.15. The molecule has 0 saturated heterocycles. The predicted molar refractivity (Wildman–Crippen MR) is 66.9 cm³/mol. The second kappa shape index (κ2) is 12.7. The predicted octanol–water partition coefficient (Wildman–Crippen LogP) is 4.86. The van der Waals surface area contributed by atoms with Crippen LogP contribution in [-0.4, -0.2) is 12.0 Å². The molecular weight excluding hydrogens is 229 g/mol. The first-order valence-corrected chi connectivity index (χ1v) is 5.49. The zero-order valence-electron chi connectivity index (χ0n) is 11.1. The van der Waals surface area contributed by atoms with E-state index in [-0.39, 0.29) is 0 Å². The molecule has 0 heterocycles. The summed E-state index contributed by atoms with van der Waals surface area (Å²) in [6, 6.07) is 0. The van der Waals surface area contributed by atoms with Gasteiger partial charge in [0, 0.05) is 5.57 Å². The Bertz CT molecular complexity index is 260. The Morgan fingerprint density at radius 1 is 1.06 bits per heavy atom. The van der Waals surface area contributed by atoms with E-state index in [1.807, 2.05) is 27.7 Å². The highest BCUT2D eigenvalue weighted by Gasteiger charge is 2.38. The van der Waals surface area contributed by atoms with Gasteiger partial charge in [0.05, 0.1) is 0 Å². The standard InChI is InChI=1S/C9H9F3O.2C2H6/c1-3-4-5-6-7(2)8(13)9(10,11)12;2*1-2/h3-6H,2H2,1H3;2*1-2H3/b4-3-,6-5-;;. The first-order chi connectivity index (χ1) is 7.89. The molecule has 4 heteroatoms. The molecule has 0 aromatic heterocycles. The average molecular weight is 250 g/mol. The van der Waals surface area contributed by atoms with Crippen molar-refractivity contribution in [3.8, 4) is 0 Å². The van der Waals surface area contributed by atoms with Crippen molar-refractivity contribution in [2.45, 2.75) is 40.8 Å². The molecule has 0 rings (SSSR count). The summed E-state index contributed by atoms with van der Waals surface area (Å²) in [4.78, 5) is 10.5. The molecule has 0 aromatic carbocycles. The largest absolute Gasteiger partial charge is 0.454 e. The smallest absolute Gasteiger partial charge is 0.284 e. The van der Waals surface area contributed by atoms with E-state index in [1.54, 1.807) is 13.0 Å². The van der Waals surface area contributed by atoms with Crippen LogP contribution in [0.15, 0.2) is 36.5 Å². The summed E-state index contributed by atoms with van der Waals surface area (Å²) < 4.78 is 35.2. The van der Waals surface area contributed by atoms with Gasteiger partial charge in [0.1, 0.15) is 0 Å². The highest BCUT2D eigenvalue weighted by Crippen LogP contribution is 2.20. The first-order valence-electron chi connectivity index (χ1n) is 5.49. The van der Waals surface area contributed by atoms with E-state index >= 15 is 0 Å².